The normalized spacial score (nSPS) is 19.5. The highest BCUT2D eigenvalue weighted by Crippen LogP contribution is 2.36. The highest BCUT2D eigenvalue weighted by Gasteiger charge is 2.51. The van der Waals surface area contributed by atoms with Crippen molar-refractivity contribution in [3.8, 4) is 0 Å². The smallest absolute Gasteiger partial charge is 0.399 e. The van der Waals surface area contributed by atoms with Gasteiger partial charge in [0.15, 0.2) is 0 Å². The van der Waals surface area contributed by atoms with E-state index < -0.39 is 0 Å². The zero-order chi connectivity index (χ0) is 17.1. The van der Waals surface area contributed by atoms with E-state index in [-0.39, 0.29) is 18.3 Å². The van der Waals surface area contributed by atoms with Gasteiger partial charge in [-0.2, -0.15) is 0 Å². The Balaban J connectivity index is 2.03. The predicted octanol–water partition coefficient (Wildman–Crippen LogP) is 3.61. The summed E-state index contributed by atoms with van der Waals surface area (Å²) in [6.07, 6.45) is 2.40. The van der Waals surface area contributed by atoms with E-state index in [4.69, 9.17) is 9.31 Å². The second kappa shape index (κ2) is 7.37. The highest BCUT2D eigenvalue weighted by atomic mass is 16.7. The van der Waals surface area contributed by atoms with Gasteiger partial charge in [0.2, 0.25) is 0 Å². The van der Waals surface area contributed by atoms with Crippen LogP contribution < -0.4 is 5.46 Å². The molecule has 0 saturated carbocycles. The molecule has 0 aromatic heterocycles. The van der Waals surface area contributed by atoms with Crippen LogP contribution in [0.4, 0.5) is 0 Å². The van der Waals surface area contributed by atoms with E-state index in [0.29, 0.717) is 0 Å². The van der Waals surface area contributed by atoms with Gasteiger partial charge < -0.3 is 9.31 Å². The number of hydrogen-bond acceptors (Lipinski definition) is 3. The Morgan fingerprint density at radius 2 is 1.35 bits per heavy atom. The summed E-state index contributed by atoms with van der Waals surface area (Å²) in [4.78, 5) is 2.52. The average Bonchev–Trinajstić information content (AvgIpc) is 2.69. The maximum absolute atomic E-state index is 6.12. The lowest BCUT2D eigenvalue weighted by atomic mass is 9.79. The van der Waals surface area contributed by atoms with Crippen LogP contribution in [-0.4, -0.2) is 36.3 Å². The molecule has 0 aliphatic carbocycles. The lowest BCUT2D eigenvalue weighted by Gasteiger charge is -2.32. The summed E-state index contributed by atoms with van der Waals surface area (Å²) >= 11 is 0. The minimum atomic E-state index is -0.282. The number of hydrogen-bond donors (Lipinski definition) is 0. The van der Waals surface area contributed by atoms with Gasteiger partial charge in [-0.25, -0.2) is 0 Å². The SMILES string of the molecule is CCCN(CCC)Cc1ccc(B2OC(C)(C)C(C)(C)O2)cc1. The molecule has 4 heteroatoms. The standard InChI is InChI=1S/C19H32BNO2/c1-7-13-21(14-8-2)15-16-9-11-17(12-10-16)20-22-18(3,4)19(5,6)23-20/h9-12H,7-8,13-15H2,1-6H3. The molecule has 1 aromatic rings. The monoisotopic (exact) mass is 317 g/mol. The largest absolute Gasteiger partial charge is 0.494 e. The number of nitrogens with zero attached hydrogens (tertiary/aromatic N) is 1. The molecule has 1 fully saturated rings. The van der Waals surface area contributed by atoms with Crippen molar-refractivity contribution in [3.05, 3.63) is 29.8 Å². The average molecular weight is 317 g/mol. The summed E-state index contributed by atoms with van der Waals surface area (Å²) in [5, 5.41) is 0. The van der Waals surface area contributed by atoms with Crippen LogP contribution >= 0.6 is 0 Å². The summed E-state index contributed by atoms with van der Waals surface area (Å²) in [6.45, 7) is 16.2. The topological polar surface area (TPSA) is 21.7 Å². The predicted molar refractivity (Wildman–Crippen MR) is 98.0 cm³/mol. The summed E-state index contributed by atoms with van der Waals surface area (Å²) in [5.74, 6) is 0. The van der Waals surface area contributed by atoms with E-state index in [1.54, 1.807) is 0 Å². The molecule has 128 valence electrons. The minimum Gasteiger partial charge on any atom is -0.399 e. The van der Waals surface area contributed by atoms with Crippen LogP contribution in [0.5, 0.6) is 0 Å². The first-order chi connectivity index (χ1) is 10.8. The first-order valence-electron chi connectivity index (χ1n) is 8.96. The summed E-state index contributed by atoms with van der Waals surface area (Å²) in [7, 11) is -0.267. The summed E-state index contributed by atoms with van der Waals surface area (Å²) in [5.41, 5.74) is 1.89. The molecule has 0 spiro atoms. The Morgan fingerprint density at radius 1 is 0.870 bits per heavy atom. The third kappa shape index (κ3) is 4.37. The molecule has 0 bridgehead atoms. The molecule has 3 nitrogen and oxygen atoms in total. The molecule has 1 saturated heterocycles. The fourth-order valence-electron chi connectivity index (χ4n) is 2.92. The Kier molecular flexibility index (Phi) is 5.93. The van der Waals surface area contributed by atoms with Gasteiger partial charge in [0, 0.05) is 6.54 Å². The second-order valence-corrected chi connectivity index (χ2v) is 7.61. The molecule has 1 aliphatic rings. The zero-order valence-corrected chi connectivity index (χ0v) is 15.7. The molecule has 0 amide bonds. The molecule has 0 radical (unpaired) electrons. The van der Waals surface area contributed by atoms with E-state index in [0.717, 1.165) is 25.1 Å². The first kappa shape index (κ1) is 18.5. The van der Waals surface area contributed by atoms with Crippen molar-refractivity contribution in [2.75, 3.05) is 13.1 Å². The van der Waals surface area contributed by atoms with Gasteiger partial charge in [-0.3, -0.25) is 4.90 Å². The third-order valence-corrected chi connectivity index (χ3v) is 4.99. The molecule has 0 atom stereocenters. The minimum absolute atomic E-state index is 0.267. The Hall–Kier alpha value is -0.835. The van der Waals surface area contributed by atoms with Gasteiger partial charge in [-0.05, 0) is 64.7 Å². The fourth-order valence-corrected chi connectivity index (χ4v) is 2.92. The molecule has 1 heterocycles. The molecule has 2 rings (SSSR count). The van der Waals surface area contributed by atoms with Crippen LogP contribution in [-0.2, 0) is 15.9 Å². The van der Waals surface area contributed by atoms with Gasteiger partial charge >= 0.3 is 7.12 Å². The molecule has 0 N–H and O–H groups in total. The van der Waals surface area contributed by atoms with Crippen molar-refractivity contribution in [1.82, 2.24) is 4.90 Å². The Morgan fingerprint density at radius 3 is 1.78 bits per heavy atom. The molecule has 0 unspecified atom stereocenters. The molecule has 23 heavy (non-hydrogen) atoms. The molecule has 1 aromatic carbocycles. The first-order valence-corrected chi connectivity index (χ1v) is 8.96. The Bertz CT molecular complexity index is 477. The van der Waals surface area contributed by atoms with Gasteiger partial charge in [0.05, 0.1) is 11.2 Å². The molecular formula is C19H32BNO2. The van der Waals surface area contributed by atoms with Gasteiger partial charge in [-0.15, -0.1) is 0 Å². The number of rotatable bonds is 7. The lowest BCUT2D eigenvalue weighted by Crippen LogP contribution is -2.41. The van der Waals surface area contributed by atoms with Crippen molar-refractivity contribution in [1.29, 1.82) is 0 Å². The second-order valence-electron chi connectivity index (χ2n) is 7.61. The van der Waals surface area contributed by atoms with Crippen molar-refractivity contribution in [2.24, 2.45) is 0 Å². The van der Waals surface area contributed by atoms with Crippen LogP contribution in [0.1, 0.15) is 59.9 Å². The van der Waals surface area contributed by atoms with E-state index in [1.807, 2.05) is 0 Å². The van der Waals surface area contributed by atoms with Crippen molar-refractivity contribution in [3.63, 3.8) is 0 Å². The maximum atomic E-state index is 6.12. The van der Waals surface area contributed by atoms with Crippen molar-refractivity contribution >= 4 is 12.6 Å². The van der Waals surface area contributed by atoms with E-state index in [9.17, 15) is 0 Å². The van der Waals surface area contributed by atoms with Gasteiger partial charge in [0.25, 0.3) is 0 Å². The van der Waals surface area contributed by atoms with Crippen LogP contribution in [0.15, 0.2) is 24.3 Å². The molecule has 1 aliphatic heterocycles. The van der Waals surface area contributed by atoms with Gasteiger partial charge in [-0.1, -0.05) is 38.1 Å². The van der Waals surface area contributed by atoms with Crippen LogP contribution in [0, 0.1) is 0 Å². The van der Waals surface area contributed by atoms with Crippen molar-refractivity contribution < 1.29 is 9.31 Å². The van der Waals surface area contributed by atoms with E-state index in [1.165, 1.54) is 18.4 Å². The summed E-state index contributed by atoms with van der Waals surface area (Å²) in [6, 6.07) is 8.71. The van der Waals surface area contributed by atoms with Crippen LogP contribution in [0.2, 0.25) is 0 Å². The maximum Gasteiger partial charge on any atom is 0.494 e. The van der Waals surface area contributed by atoms with E-state index >= 15 is 0 Å². The molecular weight excluding hydrogens is 285 g/mol. The van der Waals surface area contributed by atoms with Crippen LogP contribution in [0.25, 0.3) is 0 Å². The van der Waals surface area contributed by atoms with Crippen LogP contribution in [0.3, 0.4) is 0 Å². The Labute approximate surface area is 142 Å². The third-order valence-electron chi connectivity index (χ3n) is 4.99. The van der Waals surface area contributed by atoms with Gasteiger partial charge in [0.1, 0.15) is 0 Å². The lowest BCUT2D eigenvalue weighted by molar-refractivity contribution is 0.00578. The fraction of sp³-hybridized carbons (Fsp3) is 0.684. The van der Waals surface area contributed by atoms with Crippen molar-refractivity contribution in [2.45, 2.75) is 72.1 Å². The van der Waals surface area contributed by atoms with E-state index in [2.05, 4.69) is 70.7 Å². The number of benzene rings is 1. The summed E-state index contributed by atoms with van der Waals surface area (Å²) < 4.78 is 12.2. The quantitative estimate of drug-likeness (QED) is 0.717. The highest BCUT2D eigenvalue weighted by molar-refractivity contribution is 6.62. The zero-order valence-electron chi connectivity index (χ0n) is 15.7.